The molecule has 0 spiro atoms. The highest BCUT2D eigenvalue weighted by molar-refractivity contribution is 5.95. The molecule has 3 rings (SSSR count). The van der Waals surface area contributed by atoms with E-state index in [9.17, 15) is 14.9 Å². The SMILES string of the molecule is COC(=O)c1cc(N2CCN(Cc3ccccc3)CC2)ccc1[N+](=O)[O-]. The van der Waals surface area contributed by atoms with E-state index < -0.39 is 10.9 Å². The van der Waals surface area contributed by atoms with Gasteiger partial charge in [0.2, 0.25) is 0 Å². The van der Waals surface area contributed by atoms with Crippen LogP contribution < -0.4 is 4.90 Å². The normalized spacial score (nSPS) is 14.9. The molecular formula is C19H21N3O4. The summed E-state index contributed by atoms with van der Waals surface area (Å²) in [4.78, 5) is 26.9. The minimum Gasteiger partial charge on any atom is -0.465 e. The molecule has 1 aliphatic heterocycles. The van der Waals surface area contributed by atoms with E-state index in [0.29, 0.717) is 0 Å². The third-order valence-electron chi connectivity index (χ3n) is 4.57. The Morgan fingerprint density at radius 1 is 1.12 bits per heavy atom. The first-order chi connectivity index (χ1) is 12.6. The molecule has 0 bridgehead atoms. The summed E-state index contributed by atoms with van der Waals surface area (Å²) in [5.41, 5.74) is 1.84. The third-order valence-corrected chi connectivity index (χ3v) is 4.57. The van der Waals surface area contributed by atoms with E-state index in [1.807, 2.05) is 18.2 Å². The van der Waals surface area contributed by atoms with Crippen LogP contribution >= 0.6 is 0 Å². The average molecular weight is 355 g/mol. The van der Waals surface area contributed by atoms with Gasteiger partial charge in [-0.1, -0.05) is 30.3 Å². The van der Waals surface area contributed by atoms with Crippen molar-refractivity contribution >= 4 is 17.3 Å². The lowest BCUT2D eigenvalue weighted by Gasteiger charge is -2.36. The number of carbonyl (C=O) groups is 1. The first-order valence-electron chi connectivity index (χ1n) is 8.46. The van der Waals surface area contributed by atoms with Gasteiger partial charge in [-0.25, -0.2) is 4.79 Å². The van der Waals surface area contributed by atoms with Gasteiger partial charge in [0.05, 0.1) is 12.0 Å². The molecule has 7 nitrogen and oxygen atoms in total. The Balaban J connectivity index is 1.69. The lowest BCUT2D eigenvalue weighted by Crippen LogP contribution is -2.46. The van der Waals surface area contributed by atoms with Crippen molar-refractivity contribution in [2.75, 3.05) is 38.2 Å². The average Bonchev–Trinajstić information content (AvgIpc) is 2.68. The number of nitro groups is 1. The van der Waals surface area contributed by atoms with Crippen molar-refractivity contribution in [3.8, 4) is 0 Å². The largest absolute Gasteiger partial charge is 0.465 e. The molecule has 136 valence electrons. The molecule has 1 aliphatic rings. The summed E-state index contributed by atoms with van der Waals surface area (Å²) in [6, 6.07) is 14.9. The van der Waals surface area contributed by atoms with Gasteiger partial charge in [0.25, 0.3) is 5.69 Å². The van der Waals surface area contributed by atoms with Gasteiger partial charge < -0.3 is 9.64 Å². The summed E-state index contributed by atoms with van der Waals surface area (Å²) in [5.74, 6) is -0.693. The summed E-state index contributed by atoms with van der Waals surface area (Å²) in [6.07, 6.45) is 0. The number of rotatable bonds is 5. The van der Waals surface area contributed by atoms with E-state index in [1.54, 1.807) is 12.1 Å². The highest BCUT2D eigenvalue weighted by Gasteiger charge is 2.24. The second kappa shape index (κ2) is 7.97. The summed E-state index contributed by atoms with van der Waals surface area (Å²) in [6.45, 7) is 4.28. The van der Waals surface area contributed by atoms with Gasteiger partial charge in [0, 0.05) is 44.5 Å². The van der Waals surface area contributed by atoms with E-state index >= 15 is 0 Å². The fraction of sp³-hybridized carbons (Fsp3) is 0.316. The maximum Gasteiger partial charge on any atom is 0.344 e. The zero-order valence-electron chi connectivity index (χ0n) is 14.6. The number of methoxy groups -OCH3 is 1. The second-order valence-corrected chi connectivity index (χ2v) is 6.20. The molecule has 1 saturated heterocycles. The monoisotopic (exact) mass is 355 g/mol. The van der Waals surface area contributed by atoms with Crippen LogP contribution in [0.4, 0.5) is 11.4 Å². The molecule has 0 aromatic heterocycles. The molecule has 1 heterocycles. The molecule has 2 aromatic rings. The van der Waals surface area contributed by atoms with E-state index in [-0.39, 0.29) is 11.3 Å². The molecule has 0 amide bonds. The van der Waals surface area contributed by atoms with Crippen molar-refractivity contribution in [3.63, 3.8) is 0 Å². The van der Waals surface area contributed by atoms with Crippen LogP contribution in [0.2, 0.25) is 0 Å². The molecule has 7 heteroatoms. The maximum absolute atomic E-state index is 11.9. The Morgan fingerprint density at radius 3 is 2.42 bits per heavy atom. The second-order valence-electron chi connectivity index (χ2n) is 6.20. The minimum atomic E-state index is -0.693. The molecule has 0 N–H and O–H groups in total. The number of ether oxygens (including phenoxy) is 1. The Kier molecular flexibility index (Phi) is 5.48. The Morgan fingerprint density at radius 2 is 1.81 bits per heavy atom. The lowest BCUT2D eigenvalue weighted by molar-refractivity contribution is -0.385. The molecule has 1 fully saturated rings. The van der Waals surface area contributed by atoms with E-state index in [4.69, 9.17) is 0 Å². The smallest absolute Gasteiger partial charge is 0.344 e. The third kappa shape index (κ3) is 4.00. The summed E-state index contributed by atoms with van der Waals surface area (Å²) < 4.78 is 4.68. The van der Waals surface area contributed by atoms with Gasteiger partial charge in [-0.2, -0.15) is 0 Å². The molecule has 0 radical (unpaired) electrons. The molecule has 0 atom stereocenters. The highest BCUT2D eigenvalue weighted by Crippen LogP contribution is 2.26. The van der Waals surface area contributed by atoms with Crippen LogP contribution in [0.1, 0.15) is 15.9 Å². The van der Waals surface area contributed by atoms with Crippen molar-refractivity contribution in [2.24, 2.45) is 0 Å². The van der Waals surface area contributed by atoms with Gasteiger partial charge in [0.1, 0.15) is 5.56 Å². The van der Waals surface area contributed by atoms with Gasteiger partial charge in [-0.15, -0.1) is 0 Å². The van der Waals surface area contributed by atoms with Crippen LogP contribution in [-0.4, -0.2) is 49.1 Å². The van der Waals surface area contributed by atoms with E-state index in [2.05, 4.69) is 26.7 Å². The van der Waals surface area contributed by atoms with E-state index in [0.717, 1.165) is 38.4 Å². The molecule has 26 heavy (non-hydrogen) atoms. The molecule has 2 aromatic carbocycles. The van der Waals surface area contributed by atoms with Crippen LogP contribution in [0.3, 0.4) is 0 Å². The van der Waals surface area contributed by atoms with Gasteiger partial charge in [-0.3, -0.25) is 15.0 Å². The Hall–Kier alpha value is -2.93. The van der Waals surface area contributed by atoms with Crippen LogP contribution in [0.25, 0.3) is 0 Å². The number of carbonyl (C=O) groups excluding carboxylic acids is 1. The highest BCUT2D eigenvalue weighted by atomic mass is 16.6. The van der Waals surface area contributed by atoms with Gasteiger partial charge >= 0.3 is 5.97 Å². The maximum atomic E-state index is 11.9. The Bertz CT molecular complexity index is 787. The number of piperazine rings is 1. The predicted octanol–water partition coefficient (Wildman–Crippen LogP) is 2.70. The topological polar surface area (TPSA) is 75.9 Å². The first kappa shape index (κ1) is 17.9. The van der Waals surface area contributed by atoms with Crippen molar-refractivity contribution in [2.45, 2.75) is 6.54 Å². The van der Waals surface area contributed by atoms with Crippen LogP contribution in [0.5, 0.6) is 0 Å². The van der Waals surface area contributed by atoms with Crippen molar-refractivity contribution in [3.05, 3.63) is 69.8 Å². The molecule has 0 aliphatic carbocycles. The Labute approximate surface area is 151 Å². The van der Waals surface area contributed by atoms with Crippen LogP contribution in [-0.2, 0) is 11.3 Å². The fourth-order valence-electron chi connectivity index (χ4n) is 3.16. The number of nitro benzene ring substituents is 1. The summed E-state index contributed by atoms with van der Waals surface area (Å²) >= 11 is 0. The molecule has 0 saturated carbocycles. The van der Waals surface area contributed by atoms with Crippen LogP contribution in [0, 0.1) is 10.1 Å². The summed E-state index contributed by atoms with van der Waals surface area (Å²) in [5, 5.41) is 11.1. The number of anilines is 1. The van der Waals surface area contributed by atoms with Crippen molar-refractivity contribution < 1.29 is 14.5 Å². The molecular weight excluding hydrogens is 334 g/mol. The fourth-order valence-corrected chi connectivity index (χ4v) is 3.16. The van der Waals surface area contributed by atoms with Gasteiger partial charge in [0.15, 0.2) is 0 Å². The van der Waals surface area contributed by atoms with Crippen molar-refractivity contribution in [1.29, 1.82) is 0 Å². The van der Waals surface area contributed by atoms with Gasteiger partial charge in [-0.05, 0) is 17.7 Å². The minimum absolute atomic E-state index is 0.0123. The zero-order chi connectivity index (χ0) is 18.5. The number of hydrogen-bond donors (Lipinski definition) is 0. The first-order valence-corrected chi connectivity index (χ1v) is 8.46. The molecule has 0 unspecified atom stereocenters. The zero-order valence-corrected chi connectivity index (χ0v) is 14.6. The number of esters is 1. The van der Waals surface area contributed by atoms with Crippen LogP contribution in [0.15, 0.2) is 48.5 Å². The summed E-state index contributed by atoms with van der Waals surface area (Å²) in [7, 11) is 1.22. The predicted molar refractivity (Wildman–Crippen MR) is 98.4 cm³/mol. The lowest BCUT2D eigenvalue weighted by atomic mass is 10.1. The van der Waals surface area contributed by atoms with Crippen molar-refractivity contribution in [1.82, 2.24) is 4.90 Å². The number of nitrogens with zero attached hydrogens (tertiary/aromatic N) is 3. The number of hydrogen-bond acceptors (Lipinski definition) is 6. The van der Waals surface area contributed by atoms with E-state index in [1.165, 1.54) is 18.7 Å². The number of benzene rings is 2. The standard InChI is InChI=1S/C19H21N3O4/c1-26-19(23)17-13-16(7-8-18(17)22(24)25)21-11-9-20(10-12-21)14-15-5-3-2-4-6-15/h2-8,13H,9-12,14H2,1H3. The quantitative estimate of drug-likeness (QED) is 0.466.